The first-order chi connectivity index (χ1) is 15.0. The molecule has 32 heavy (non-hydrogen) atoms. The second-order valence-corrected chi connectivity index (χ2v) is 9.43. The van der Waals surface area contributed by atoms with Crippen LogP contribution in [0, 0.1) is 0 Å². The zero-order chi connectivity index (χ0) is 23.5. The smallest absolute Gasteiger partial charge is 0.344 e. The first-order valence-corrected chi connectivity index (χ1v) is 11.4. The van der Waals surface area contributed by atoms with Crippen molar-refractivity contribution in [2.45, 2.75) is 30.5 Å². The fraction of sp³-hybridized carbons (Fsp3) is 0.300. The number of carbonyl (C=O) groups excluding carboxylic acids is 2. The molecule has 1 saturated heterocycles. The van der Waals surface area contributed by atoms with Gasteiger partial charge in [0.25, 0.3) is 0 Å². The van der Waals surface area contributed by atoms with Crippen LogP contribution in [-0.4, -0.2) is 37.6 Å². The number of nitrogens with one attached hydrogen (secondary N) is 2. The van der Waals surface area contributed by atoms with Gasteiger partial charge in [0.05, 0.1) is 15.5 Å². The fourth-order valence-corrected chi connectivity index (χ4v) is 4.87. The number of hydrogen-bond acceptors (Lipinski definition) is 4. The van der Waals surface area contributed by atoms with Gasteiger partial charge in [-0.15, -0.1) is 0 Å². The molecule has 2 aromatic rings. The van der Waals surface area contributed by atoms with Crippen LogP contribution in [0.15, 0.2) is 47.4 Å². The minimum atomic E-state index is -4.71. The molecule has 3 rings (SSSR count). The van der Waals surface area contributed by atoms with Crippen molar-refractivity contribution >= 4 is 39.1 Å². The summed E-state index contributed by atoms with van der Waals surface area (Å²) in [6.07, 6.45) is -3.08. The molecule has 0 spiro atoms. The van der Waals surface area contributed by atoms with Crippen molar-refractivity contribution in [2.24, 2.45) is 0 Å². The second-order valence-electron chi connectivity index (χ2n) is 7.08. The van der Waals surface area contributed by atoms with Gasteiger partial charge in [-0.1, -0.05) is 23.7 Å². The minimum absolute atomic E-state index is 0.0787. The number of sulfonamides is 1. The summed E-state index contributed by atoms with van der Waals surface area (Å²) in [5.74, 6) is -2.23. The zero-order valence-corrected chi connectivity index (χ0v) is 18.1. The number of alkyl halides is 3. The van der Waals surface area contributed by atoms with Gasteiger partial charge in [0.15, 0.2) is 0 Å². The predicted octanol–water partition coefficient (Wildman–Crippen LogP) is 3.40. The fourth-order valence-electron chi connectivity index (χ4n) is 3.13. The number of rotatable bonds is 5. The van der Waals surface area contributed by atoms with Gasteiger partial charge in [-0.05, 0) is 48.7 Å². The van der Waals surface area contributed by atoms with Crippen LogP contribution in [0.2, 0.25) is 5.02 Å². The monoisotopic (exact) mass is 489 g/mol. The van der Waals surface area contributed by atoms with E-state index in [0.717, 1.165) is 25.0 Å². The lowest BCUT2D eigenvalue weighted by atomic mass is 10.2. The van der Waals surface area contributed by atoms with E-state index in [1.807, 2.05) is 0 Å². The van der Waals surface area contributed by atoms with Crippen LogP contribution in [0.1, 0.15) is 24.0 Å². The topological polar surface area (TPSA) is 95.6 Å². The molecule has 1 aliphatic heterocycles. The quantitative estimate of drug-likeness (QED) is 0.629. The number of benzene rings is 2. The second kappa shape index (κ2) is 9.47. The number of halogens is 4. The van der Waals surface area contributed by atoms with E-state index in [1.54, 1.807) is 0 Å². The van der Waals surface area contributed by atoms with Gasteiger partial charge < -0.3 is 10.6 Å². The Balaban J connectivity index is 1.58. The third-order valence-electron chi connectivity index (χ3n) is 4.82. The van der Waals surface area contributed by atoms with E-state index in [2.05, 4.69) is 10.6 Å². The predicted molar refractivity (Wildman–Crippen MR) is 111 cm³/mol. The molecule has 1 fully saturated rings. The van der Waals surface area contributed by atoms with Crippen molar-refractivity contribution in [3.05, 3.63) is 58.6 Å². The summed E-state index contributed by atoms with van der Waals surface area (Å²) in [6.45, 7) is 0.880. The Hall–Kier alpha value is -2.63. The van der Waals surface area contributed by atoms with Gasteiger partial charge in [-0.25, -0.2) is 8.42 Å². The maximum atomic E-state index is 12.9. The van der Waals surface area contributed by atoms with E-state index in [0.29, 0.717) is 24.7 Å². The average Bonchev–Trinajstić information content (AvgIpc) is 3.28. The molecule has 172 valence electrons. The maximum Gasteiger partial charge on any atom is 0.417 e. The van der Waals surface area contributed by atoms with Crippen LogP contribution in [0.5, 0.6) is 0 Å². The van der Waals surface area contributed by atoms with Crippen molar-refractivity contribution in [3.63, 3.8) is 0 Å². The molecule has 1 aliphatic rings. The molecule has 0 aromatic heterocycles. The molecule has 0 aliphatic carbocycles. The highest BCUT2D eigenvalue weighted by molar-refractivity contribution is 7.89. The summed E-state index contributed by atoms with van der Waals surface area (Å²) in [4.78, 5) is 24.1. The summed E-state index contributed by atoms with van der Waals surface area (Å²) in [6, 6.07) is 8.60. The Bertz CT molecular complexity index is 1120. The van der Waals surface area contributed by atoms with Crippen LogP contribution in [0.3, 0.4) is 0 Å². The summed E-state index contributed by atoms with van der Waals surface area (Å²) < 4.78 is 65.1. The van der Waals surface area contributed by atoms with Gasteiger partial charge in [0, 0.05) is 25.3 Å². The van der Waals surface area contributed by atoms with E-state index < -0.39 is 38.6 Å². The highest BCUT2D eigenvalue weighted by Crippen LogP contribution is 2.36. The van der Waals surface area contributed by atoms with Crippen molar-refractivity contribution in [2.75, 3.05) is 18.4 Å². The van der Waals surface area contributed by atoms with E-state index in [-0.39, 0.29) is 17.1 Å². The minimum Gasteiger partial charge on any atom is -0.344 e. The van der Waals surface area contributed by atoms with Crippen LogP contribution < -0.4 is 10.6 Å². The number of carbonyl (C=O) groups is 2. The van der Waals surface area contributed by atoms with Crippen LogP contribution >= 0.6 is 11.6 Å². The van der Waals surface area contributed by atoms with Crippen molar-refractivity contribution in [1.29, 1.82) is 0 Å². The first-order valence-electron chi connectivity index (χ1n) is 9.53. The Kier molecular flexibility index (Phi) is 7.11. The van der Waals surface area contributed by atoms with E-state index >= 15 is 0 Å². The Labute approximate surface area is 187 Å². The zero-order valence-electron chi connectivity index (χ0n) is 16.6. The Morgan fingerprint density at radius 2 is 1.62 bits per heavy atom. The number of anilines is 1. The molecular weight excluding hydrogens is 471 g/mol. The summed E-state index contributed by atoms with van der Waals surface area (Å²) in [7, 11) is -3.56. The third-order valence-corrected chi connectivity index (χ3v) is 7.06. The first kappa shape index (κ1) is 24.0. The van der Waals surface area contributed by atoms with Gasteiger partial charge in [0.1, 0.15) is 0 Å². The molecule has 1 heterocycles. The summed E-state index contributed by atoms with van der Waals surface area (Å²) in [5.41, 5.74) is -0.836. The lowest BCUT2D eigenvalue weighted by Gasteiger charge is -2.15. The summed E-state index contributed by atoms with van der Waals surface area (Å²) >= 11 is 5.52. The molecule has 2 amide bonds. The van der Waals surface area contributed by atoms with E-state index in [4.69, 9.17) is 11.6 Å². The van der Waals surface area contributed by atoms with E-state index in [1.165, 1.54) is 28.6 Å². The number of nitrogens with zero attached hydrogens (tertiary/aromatic N) is 1. The van der Waals surface area contributed by atoms with E-state index in [9.17, 15) is 31.2 Å². The highest BCUT2D eigenvalue weighted by Gasteiger charge is 2.33. The van der Waals surface area contributed by atoms with Crippen LogP contribution in [0.25, 0.3) is 0 Å². The molecule has 0 atom stereocenters. The molecule has 0 bridgehead atoms. The summed E-state index contributed by atoms with van der Waals surface area (Å²) in [5, 5.41) is 3.88. The lowest BCUT2D eigenvalue weighted by Crippen LogP contribution is -2.35. The van der Waals surface area contributed by atoms with Crippen molar-refractivity contribution in [3.8, 4) is 0 Å². The van der Waals surface area contributed by atoms with Crippen molar-refractivity contribution < 1.29 is 31.2 Å². The van der Waals surface area contributed by atoms with Crippen LogP contribution in [-0.2, 0) is 32.3 Å². The molecule has 7 nitrogen and oxygen atoms in total. The van der Waals surface area contributed by atoms with Gasteiger partial charge in [-0.2, -0.15) is 17.5 Å². The van der Waals surface area contributed by atoms with Crippen molar-refractivity contribution in [1.82, 2.24) is 9.62 Å². The third kappa shape index (κ3) is 5.59. The van der Waals surface area contributed by atoms with Gasteiger partial charge in [-0.3, -0.25) is 9.59 Å². The average molecular weight is 490 g/mol. The molecule has 0 saturated carbocycles. The standard InChI is InChI=1S/C20H19ClF3N3O4S/c21-17-8-5-14(11-16(17)20(22,23)24)26-19(29)18(28)25-12-13-3-6-15(7-4-13)32(30,31)27-9-1-2-10-27/h3-8,11H,1-2,9-10,12H2,(H,25,28)(H,26,29). The van der Waals surface area contributed by atoms with Gasteiger partial charge in [0.2, 0.25) is 10.0 Å². The largest absolute Gasteiger partial charge is 0.417 e. The Morgan fingerprint density at radius 1 is 1.00 bits per heavy atom. The maximum absolute atomic E-state index is 12.9. The number of amides is 2. The lowest BCUT2D eigenvalue weighted by molar-refractivity contribution is -0.137. The molecule has 2 aromatic carbocycles. The number of hydrogen-bond donors (Lipinski definition) is 2. The Morgan fingerprint density at radius 3 is 2.22 bits per heavy atom. The molecular formula is C20H19ClF3N3O4S. The molecule has 12 heteroatoms. The van der Waals surface area contributed by atoms with Gasteiger partial charge >= 0.3 is 18.0 Å². The van der Waals surface area contributed by atoms with Crippen LogP contribution in [0.4, 0.5) is 18.9 Å². The SMILES string of the molecule is O=C(NCc1ccc(S(=O)(=O)N2CCCC2)cc1)C(=O)Nc1ccc(Cl)c(C(F)(F)F)c1. The normalized spacial score (nSPS) is 14.9. The molecule has 0 radical (unpaired) electrons. The molecule has 0 unspecified atom stereocenters. The highest BCUT2D eigenvalue weighted by atomic mass is 35.5. The molecule has 2 N–H and O–H groups in total.